The number of hydrogen-bond acceptors (Lipinski definition) is 4. The number of carboxylic acid groups (broad SMARTS) is 1. The fraction of sp³-hybridized carbons (Fsp3) is 0.467. The van der Waals surface area contributed by atoms with Gasteiger partial charge in [-0.05, 0) is 25.3 Å². The molecule has 0 bridgehead atoms. The highest BCUT2D eigenvalue weighted by Gasteiger charge is 2.23. The zero-order valence-electron chi connectivity index (χ0n) is 13.1. The number of amides is 1. The molecule has 0 aliphatic heterocycles. The van der Waals surface area contributed by atoms with Crippen LogP contribution in [0.25, 0.3) is 11.0 Å². The van der Waals surface area contributed by atoms with Crippen molar-refractivity contribution in [1.82, 2.24) is 20.1 Å². The molecule has 1 amide bonds. The number of carboxylic acids is 1. The zero-order valence-corrected chi connectivity index (χ0v) is 13.1. The third-order valence-corrected chi connectivity index (χ3v) is 3.39. The van der Waals surface area contributed by atoms with E-state index >= 15 is 0 Å². The summed E-state index contributed by atoms with van der Waals surface area (Å²) >= 11 is 0. The van der Waals surface area contributed by atoms with Crippen molar-refractivity contribution in [3.05, 3.63) is 23.5 Å². The van der Waals surface area contributed by atoms with E-state index in [-0.39, 0.29) is 5.92 Å². The first kappa shape index (κ1) is 15.9. The van der Waals surface area contributed by atoms with Crippen LogP contribution in [0, 0.1) is 12.8 Å². The molecule has 0 unspecified atom stereocenters. The molecule has 0 spiro atoms. The van der Waals surface area contributed by atoms with Gasteiger partial charge in [0.2, 0.25) is 0 Å². The van der Waals surface area contributed by atoms with Crippen molar-refractivity contribution < 1.29 is 14.7 Å². The Bertz CT molecular complexity index is 721. The zero-order chi connectivity index (χ0) is 16.4. The first-order valence-electron chi connectivity index (χ1n) is 7.12. The maximum atomic E-state index is 12.5. The molecule has 0 saturated carbocycles. The molecule has 118 valence electrons. The lowest BCUT2D eigenvalue weighted by molar-refractivity contribution is -0.139. The highest BCUT2D eigenvalue weighted by Crippen LogP contribution is 2.18. The van der Waals surface area contributed by atoms with Gasteiger partial charge in [0.1, 0.15) is 6.04 Å². The van der Waals surface area contributed by atoms with Crippen molar-refractivity contribution in [2.75, 3.05) is 0 Å². The lowest BCUT2D eigenvalue weighted by Gasteiger charge is -2.16. The Balaban J connectivity index is 2.35. The van der Waals surface area contributed by atoms with Gasteiger partial charge in [0, 0.05) is 12.7 Å². The molecule has 2 rings (SSSR count). The topological polar surface area (TPSA) is 97.1 Å². The Labute approximate surface area is 128 Å². The standard InChI is InChI=1S/C15H20N4O3/c1-8(2)5-12(15(21)22)18-14(20)10-6-9(3)17-13-11(10)7-16-19(13)4/h6-8,12H,5H2,1-4H3,(H,18,20)(H,21,22)/t12-/m0/s1. The highest BCUT2D eigenvalue weighted by molar-refractivity contribution is 6.06. The van der Waals surface area contributed by atoms with Gasteiger partial charge in [0.15, 0.2) is 5.65 Å². The van der Waals surface area contributed by atoms with Crippen LogP contribution in [-0.2, 0) is 11.8 Å². The minimum absolute atomic E-state index is 0.166. The van der Waals surface area contributed by atoms with Crippen LogP contribution >= 0.6 is 0 Å². The van der Waals surface area contributed by atoms with Crippen molar-refractivity contribution in [3.8, 4) is 0 Å². The number of aromatic nitrogens is 3. The minimum Gasteiger partial charge on any atom is -0.480 e. The average molecular weight is 304 g/mol. The van der Waals surface area contributed by atoms with Crippen molar-refractivity contribution in [1.29, 1.82) is 0 Å². The summed E-state index contributed by atoms with van der Waals surface area (Å²) in [6.45, 7) is 5.61. The molecule has 2 heterocycles. The summed E-state index contributed by atoms with van der Waals surface area (Å²) in [6, 6.07) is 0.737. The monoisotopic (exact) mass is 304 g/mol. The van der Waals surface area contributed by atoms with Crippen LogP contribution in [0.2, 0.25) is 0 Å². The summed E-state index contributed by atoms with van der Waals surface area (Å²) in [5.41, 5.74) is 1.67. The number of rotatable bonds is 5. The molecule has 0 aromatic carbocycles. The minimum atomic E-state index is -1.03. The molecule has 7 nitrogen and oxygen atoms in total. The molecule has 22 heavy (non-hydrogen) atoms. The summed E-state index contributed by atoms with van der Waals surface area (Å²) in [4.78, 5) is 28.1. The lowest BCUT2D eigenvalue weighted by Crippen LogP contribution is -2.41. The van der Waals surface area contributed by atoms with Gasteiger partial charge in [-0.3, -0.25) is 9.48 Å². The van der Waals surface area contributed by atoms with E-state index in [9.17, 15) is 14.7 Å². The summed E-state index contributed by atoms with van der Waals surface area (Å²) in [5.74, 6) is -1.29. The second-order valence-electron chi connectivity index (χ2n) is 5.81. The fourth-order valence-electron chi connectivity index (χ4n) is 2.36. The third kappa shape index (κ3) is 3.24. The number of nitrogens with zero attached hydrogens (tertiary/aromatic N) is 3. The summed E-state index contributed by atoms with van der Waals surface area (Å²) < 4.78 is 1.59. The van der Waals surface area contributed by atoms with Crippen molar-refractivity contribution in [2.24, 2.45) is 13.0 Å². The SMILES string of the molecule is Cc1cc(C(=O)N[C@@H](CC(C)C)C(=O)O)c2cnn(C)c2n1. The maximum Gasteiger partial charge on any atom is 0.326 e. The first-order chi connectivity index (χ1) is 10.3. The molecule has 0 aliphatic carbocycles. The second kappa shape index (κ2) is 6.13. The van der Waals surface area contributed by atoms with Gasteiger partial charge in [0.05, 0.1) is 17.1 Å². The number of carbonyl (C=O) groups is 2. The molecule has 0 aliphatic rings. The predicted octanol–water partition coefficient (Wildman–Crippen LogP) is 1.51. The quantitative estimate of drug-likeness (QED) is 0.872. The summed E-state index contributed by atoms with van der Waals surface area (Å²) in [7, 11) is 1.75. The Morgan fingerprint density at radius 3 is 2.68 bits per heavy atom. The van der Waals surface area contributed by atoms with Crippen molar-refractivity contribution in [2.45, 2.75) is 33.2 Å². The Morgan fingerprint density at radius 2 is 2.09 bits per heavy atom. The number of pyridine rings is 1. The molecule has 2 N–H and O–H groups in total. The van der Waals surface area contributed by atoms with Gasteiger partial charge in [-0.1, -0.05) is 13.8 Å². The van der Waals surface area contributed by atoms with Crippen LogP contribution in [0.5, 0.6) is 0 Å². The van der Waals surface area contributed by atoms with Gasteiger partial charge >= 0.3 is 5.97 Å². The van der Waals surface area contributed by atoms with Crippen molar-refractivity contribution >= 4 is 22.9 Å². The summed E-state index contributed by atoms with van der Waals surface area (Å²) in [6.07, 6.45) is 1.94. The molecule has 0 fully saturated rings. The van der Waals surface area contributed by atoms with E-state index in [1.807, 2.05) is 13.8 Å². The number of aryl methyl sites for hydroxylation is 2. The molecular weight excluding hydrogens is 284 g/mol. The van der Waals surface area contributed by atoms with E-state index in [0.29, 0.717) is 28.7 Å². The molecule has 1 atom stereocenters. The van der Waals surface area contributed by atoms with E-state index in [4.69, 9.17) is 0 Å². The van der Waals surface area contributed by atoms with Crippen LogP contribution in [0.15, 0.2) is 12.3 Å². The van der Waals surface area contributed by atoms with E-state index in [1.165, 1.54) is 0 Å². The molecule has 7 heteroatoms. The number of fused-ring (bicyclic) bond motifs is 1. The van der Waals surface area contributed by atoms with Crippen molar-refractivity contribution in [3.63, 3.8) is 0 Å². The van der Waals surface area contributed by atoms with E-state index in [1.54, 1.807) is 30.9 Å². The number of hydrogen-bond donors (Lipinski definition) is 2. The van der Waals surface area contributed by atoms with E-state index < -0.39 is 17.9 Å². The Morgan fingerprint density at radius 1 is 1.41 bits per heavy atom. The van der Waals surface area contributed by atoms with E-state index in [0.717, 1.165) is 0 Å². The highest BCUT2D eigenvalue weighted by atomic mass is 16.4. The van der Waals surface area contributed by atoms with Crippen LogP contribution in [0.3, 0.4) is 0 Å². The maximum absolute atomic E-state index is 12.5. The second-order valence-corrected chi connectivity index (χ2v) is 5.81. The molecule has 0 radical (unpaired) electrons. The smallest absolute Gasteiger partial charge is 0.326 e. The van der Waals surface area contributed by atoms with Crippen LogP contribution in [0.4, 0.5) is 0 Å². The first-order valence-corrected chi connectivity index (χ1v) is 7.12. The van der Waals surface area contributed by atoms with Gasteiger partial charge in [-0.15, -0.1) is 0 Å². The summed E-state index contributed by atoms with van der Waals surface area (Å²) in [5, 5.41) is 16.5. The van der Waals surface area contributed by atoms with Crippen LogP contribution < -0.4 is 5.32 Å². The van der Waals surface area contributed by atoms with Gasteiger partial charge in [0.25, 0.3) is 5.91 Å². The normalized spacial score (nSPS) is 12.6. The Hall–Kier alpha value is -2.44. The van der Waals surface area contributed by atoms with Gasteiger partial charge < -0.3 is 10.4 Å². The predicted molar refractivity (Wildman–Crippen MR) is 81.6 cm³/mol. The molecular formula is C15H20N4O3. The number of nitrogens with one attached hydrogen (secondary N) is 1. The average Bonchev–Trinajstić information content (AvgIpc) is 2.78. The number of aliphatic carboxylic acids is 1. The van der Waals surface area contributed by atoms with Crippen LogP contribution in [0.1, 0.15) is 36.3 Å². The van der Waals surface area contributed by atoms with E-state index in [2.05, 4.69) is 15.4 Å². The third-order valence-electron chi connectivity index (χ3n) is 3.39. The molecule has 2 aromatic heterocycles. The van der Waals surface area contributed by atoms with Gasteiger partial charge in [-0.2, -0.15) is 5.10 Å². The van der Waals surface area contributed by atoms with Crippen LogP contribution in [-0.4, -0.2) is 37.8 Å². The lowest BCUT2D eigenvalue weighted by atomic mass is 10.0. The Kier molecular flexibility index (Phi) is 4.44. The largest absolute Gasteiger partial charge is 0.480 e. The molecule has 2 aromatic rings. The van der Waals surface area contributed by atoms with Gasteiger partial charge in [-0.25, -0.2) is 9.78 Å². The number of carbonyl (C=O) groups excluding carboxylic acids is 1. The molecule has 0 saturated heterocycles. The fourth-order valence-corrected chi connectivity index (χ4v) is 2.36.